The summed E-state index contributed by atoms with van der Waals surface area (Å²) in [5, 5.41) is 10.1. The van der Waals surface area contributed by atoms with Crippen LogP contribution in [0.25, 0.3) is 0 Å². The molecule has 1 aromatic heterocycles. The van der Waals surface area contributed by atoms with Crippen LogP contribution >= 0.6 is 15.9 Å². The normalized spacial score (nSPS) is 12.7. The van der Waals surface area contributed by atoms with Gasteiger partial charge in [-0.1, -0.05) is 6.07 Å². The Kier molecular flexibility index (Phi) is 4.14. The zero-order chi connectivity index (χ0) is 13.1. The number of imidazole rings is 1. The molecule has 18 heavy (non-hydrogen) atoms. The van der Waals surface area contributed by atoms with E-state index in [0.29, 0.717) is 16.5 Å². The monoisotopic (exact) mass is 312 g/mol. The van der Waals surface area contributed by atoms with Gasteiger partial charge in [-0.25, -0.2) is 9.37 Å². The molecule has 1 heterocycles. The number of aryl methyl sites for hydroxylation is 1. The van der Waals surface area contributed by atoms with Crippen LogP contribution in [-0.4, -0.2) is 14.7 Å². The van der Waals surface area contributed by atoms with Gasteiger partial charge >= 0.3 is 0 Å². The number of benzene rings is 1. The maximum atomic E-state index is 13.4. The minimum Gasteiger partial charge on any atom is -0.388 e. The summed E-state index contributed by atoms with van der Waals surface area (Å²) in [5.74, 6) is 0.429. The van der Waals surface area contributed by atoms with Crippen LogP contribution in [0, 0.1) is 5.82 Å². The first kappa shape index (κ1) is 13.2. The van der Waals surface area contributed by atoms with E-state index in [1.807, 2.05) is 17.7 Å². The molecule has 0 aliphatic rings. The molecule has 0 saturated carbocycles. The molecule has 0 radical (unpaired) electrons. The van der Waals surface area contributed by atoms with Gasteiger partial charge in [-0.3, -0.25) is 0 Å². The molecule has 3 nitrogen and oxygen atoms in total. The Bertz CT molecular complexity index is 542. The van der Waals surface area contributed by atoms with Crippen molar-refractivity contribution in [2.45, 2.75) is 26.0 Å². The molecule has 0 fully saturated rings. The maximum Gasteiger partial charge on any atom is 0.137 e. The Morgan fingerprint density at radius 1 is 1.50 bits per heavy atom. The van der Waals surface area contributed by atoms with Gasteiger partial charge in [0.05, 0.1) is 10.6 Å². The molecular formula is C13H14BrFN2O. The highest BCUT2D eigenvalue weighted by Gasteiger charge is 2.13. The fraction of sp³-hybridized carbons (Fsp3) is 0.308. The summed E-state index contributed by atoms with van der Waals surface area (Å²) in [5.41, 5.74) is 0.557. The van der Waals surface area contributed by atoms with Crippen LogP contribution in [0.1, 0.15) is 24.4 Å². The lowest BCUT2D eigenvalue weighted by molar-refractivity contribution is 0.174. The van der Waals surface area contributed by atoms with Gasteiger partial charge in [-0.15, -0.1) is 0 Å². The van der Waals surface area contributed by atoms with Gasteiger partial charge in [0, 0.05) is 25.4 Å². The van der Waals surface area contributed by atoms with Gasteiger partial charge in [-0.05, 0) is 40.5 Å². The Morgan fingerprint density at radius 2 is 2.28 bits per heavy atom. The molecule has 1 atom stereocenters. The van der Waals surface area contributed by atoms with Crippen LogP contribution in [-0.2, 0) is 13.0 Å². The lowest BCUT2D eigenvalue weighted by Gasteiger charge is -2.12. The molecule has 0 aliphatic carbocycles. The third kappa shape index (κ3) is 2.79. The Morgan fingerprint density at radius 3 is 2.94 bits per heavy atom. The van der Waals surface area contributed by atoms with Crippen molar-refractivity contribution in [2.24, 2.45) is 0 Å². The summed E-state index contributed by atoms with van der Waals surface area (Å²) in [7, 11) is 0. The lowest BCUT2D eigenvalue weighted by atomic mass is 10.1. The summed E-state index contributed by atoms with van der Waals surface area (Å²) in [4.78, 5) is 4.19. The van der Waals surface area contributed by atoms with E-state index in [1.54, 1.807) is 18.3 Å². The SMILES string of the molecule is CCn1ccnc1CC(O)c1ccc(Br)c(F)c1. The first-order valence-corrected chi connectivity index (χ1v) is 6.54. The van der Waals surface area contributed by atoms with Gasteiger partial charge in [-0.2, -0.15) is 0 Å². The Labute approximate surface area is 113 Å². The van der Waals surface area contributed by atoms with Gasteiger partial charge in [0.1, 0.15) is 11.6 Å². The van der Waals surface area contributed by atoms with Crippen molar-refractivity contribution in [3.05, 3.63) is 52.3 Å². The third-order valence-corrected chi connectivity index (χ3v) is 3.49. The van der Waals surface area contributed by atoms with Gasteiger partial charge < -0.3 is 9.67 Å². The standard InChI is InChI=1S/C13H14BrFN2O/c1-2-17-6-5-16-13(17)8-12(18)9-3-4-10(14)11(15)7-9/h3-7,12,18H,2,8H2,1H3. The molecule has 1 aromatic carbocycles. The van der Waals surface area contributed by atoms with Crippen molar-refractivity contribution in [3.8, 4) is 0 Å². The highest BCUT2D eigenvalue weighted by atomic mass is 79.9. The first-order chi connectivity index (χ1) is 8.61. The van der Waals surface area contributed by atoms with E-state index in [2.05, 4.69) is 20.9 Å². The van der Waals surface area contributed by atoms with E-state index in [-0.39, 0.29) is 5.82 Å². The molecule has 96 valence electrons. The molecule has 1 unspecified atom stereocenters. The van der Waals surface area contributed by atoms with Crippen molar-refractivity contribution in [3.63, 3.8) is 0 Å². The predicted octanol–water partition coefficient (Wildman–Crippen LogP) is 3.08. The second-order valence-electron chi connectivity index (χ2n) is 4.02. The molecule has 0 amide bonds. The molecule has 0 bridgehead atoms. The van der Waals surface area contributed by atoms with Crippen molar-refractivity contribution in [1.82, 2.24) is 9.55 Å². The fourth-order valence-electron chi connectivity index (χ4n) is 1.83. The van der Waals surface area contributed by atoms with Gasteiger partial charge in [0.25, 0.3) is 0 Å². The molecule has 0 spiro atoms. The lowest BCUT2D eigenvalue weighted by Crippen LogP contribution is -2.08. The summed E-state index contributed by atoms with van der Waals surface area (Å²) < 4.78 is 15.7. The number of hydrogen-bond donors (Lipinski definition) is 1. The highest BCUT2D eigenvalue weighted by molar-refractivity contribution is 9.10. The molecule has 2 aromatic rings. The van der Waals surface area contributed by atoms with E-state index in [0.717, 1.165) is 12.4 Å². The van der Waals surface area contributed by atoms with E-state index in [9.17, 15) is 9.50 Å². The minimum absolute atomic E-state index is 0.370. The predicted molar refractivity (Wildman–Crippen MR) is 70.7 cm³/mol. The minimum atomic E-state index is -0.750. The zero-order valence-electron chi connectivity index (χ0n) is 9.98. The third-order valence-electron chi connectivity index (χ3n) is 2.85. The smallest absolute Gasteiger partial charge is 0.137 e. The van der Waals surface area contributed by atoms with Crippen molar-refractivity contribution in [2.75, 3.05) is 0 Å². The molecule has 0 aliphatic heterocycles. The molecule has 5 heteroatoms. The van der Waals surface area contributed by atoms with Gasteiger partial charge in [0.2, 0.25) is 0 Å². The van der Waals surface area contributed by atoms with Crippen LogP contribution in [0.2, 0.25) is 0 Å². The average molecular weight is 313 g/mol. The average Bonchev–Trinajstić information content (AvgIpc) is 2.79. The van der Waals surface area contributed by atoms with Crippen molar-refractivity contribution >= 4 is 15.9 Å². The van der Waals surface area contributed by atoms with Crippen LogP contribution in [0.4, 0.5) is 4.39 Å². The van der Waals surface area contributed by atoms with Crippen molar-refractivity contribution in [1.29, 1.82) is 0 Å². The molecule has 1 N–H and O–H groups in total. The number of rotatable bonds is 4. The van der Waals surface area contributed by atoms with E-state index < -0.39 is 6.10 Å². The number of halogens is 2. The number of aliphatic hydroxyl groups is 1. The van der Waals surface area contributed by atoms with Crippen LogP contribution in [0.3, 0.4) is 0 Å². The first-order valence-electron chi connectivity index (χ1n) is 5.74. The Hall–Kier alpha value is -1.20. The largest absolute Gasteiger partial charge is 0.388 e. The van der Waals surface area contributed by atoms with Gasteiger partial charge in [0.15, 0.2) is 0 Å². The van der Waals surface area contributed by atoms with E-state index in [1.165, 1.54) is 6.07 Å². The molecule has 0 saturated heterocycles. The number of nitrogens with zero attached hydrogens (tertiary/aromatic N) is 2. The maximum absolute atomic E-state index is 13.4. The van der Waals surface area contributed by atoms with Crippen LogP contribution in [0.15, 0.2) is 35.1 Å². The Balaban J connectivity index is 2.16. The van der Waals surface area contributed by atoms with E-state index in [4.69, 9.17) is 0 Å². The molecule has 2 rings (SSSR count). The van der Waals surface area contributed by atoms with Crippen LogP contribution < -0.4 is 0 Å². The second-order valence-corrected chi connectivity index (χ2v) is 4.88. The fourth-order valence-corrected chi connectivity index (χ4v) is 2.07. The summed E-state index contributed by atoms with van der Waals surface area (Å²) in [6, 6.07) is 4.64. The topological polar surface area (TPSA) is 38.0 Å². The zero-order valence-corrected chi connectivity index (χ0v) is 11.6. The summed E-state index contributed by atoms with van der Waals surface area (Å²) in [6.45, 7) is 2.81. The number of aliphatic hydroxyl groups excluding tert-OH is 1. The number of hydrogen-bond acceptors (Lipinski definition) is 2. The van der Waals surface area contributed by atoms with E-state index >= 15 is 0 Å². The second kappa shape index (κ2) is 5.63. The number of aromatic nitrogens is 2. The quantitative estimate of drug-likeness (QED) is 0.942. The summed E-state index contributed by atoms with van der Waals surface area (Å²) >= 11 is 3.09. The summed E-state index contributed by atoms with van der Waals surface area (Å²) in [6.07, 6.45) is 3.19. The van der Waals surface area contributed by atoms with Crippen LogP contribution in [0.5, 0.6) is 0 Å². The highest BCUT2D eigenvalue weighted by Crippen LogP contribution is 2.22. The van der Waals surface area contributed by atoms with Crippen molar-refractivity contribution < 1.29 is 9.50 Å². The molecular weight excluding hydrogens is 299 g/mol.